The van der Waals surface area contributed by atoms with Gasteiger partial charge in [-0.05, 0) is 44.0 Å². The third kappa shape index (κ3) is 3.86. The topological polar surface area (TPSA) is 80.8 Å². The Balaban J connectivity index is 1.68. The zero-order valence-electron chi connectivity index (χ0n) is 16.0. The molecule has 3 rings (SSSR count). The van der Waals surface area contributed by atoms with Gasteiger partial charge in [0.15, 0.2) is 6.10 Å². The predicted molar refractivity (Wildman–Crippen MR) is 102 cm³/mol. The standard InChI is InChI=1S/C22H21NO5/c1-13-8-9-14(2)18(10-13)21(26)15(3)28-20(25)12-23-19(24)11-16-6-4-5-7-17(16)22(23)27/h4-10,15H,11-12H2,1-3H3/t15-/m0/s1. The molecule has 2 aromatic carbocycles. The van der Waals surface area contributed by atoms with Crippen LogP contribution in [-0.2, 0) is 20.7 Å². The fourth-order valence-electron chi connectivity index (χ4n) is 3.20. The predicted octanol–water partition coefficient (Wildman–Crippen LogP) is 2.64. The maximum absolute atomic E-state index is 12.6. The quantitative estimate of drug-likeness (QED) is 0.453. The number of nitrogens with zero attached hydrogens (tertiary/aromatic N) is 1. The molecule has 144 valence electrons. The number of hydrogen-bond acceptors (Lipinski definition) is 5. The van der Waals surface area contributed by atoms with Gasteiger partial charge in [0.25, 0.3) is 5.91 Å². The van der Waals surface area contributed by atoms with Gasteiger partial charge >= 0.3 is 5.97 Å². The zero-order valence-corrected chi connectivity index (χ0v) is 16.0. The summed E-state index contributed by atoms with van der Waals surface area (Å²) in [5, 5.41) is 0. The van der Waals surface area contributed by atoms with E-state index >= 15 is 0 Å². The van der Waals surface area contributed by atoms with E-state index in [2.05, 4.69) is 0 Å². The molecule has 0 N–H and O–H groups in total. The molecule has 1 aliphatic heterocycles. The van der Waals surface area contributed by atoms with Crippen LogP contribution in [0.5, 0.6) is 0 Å². The highest BCUT2D eigenvalue weighted by atomic mass is 16.5. The van der Waals surface area contributed by atoms with Gasteiger partial charge in [-0.1, -0.05) is 35.9 Å². The second-order valence-electron chi connectivity index (χ2n) is 6.93. The highest BCUT2D eigenvalue weighted by molar-refractivity contribution is 6.11. The molecule has 0 unspecified atom stereocenters. The molecular formula is C22H21NO5. The minimum absolute atomic E-state index is 0.0478. The number of fused-ring (bicyclic) bond motifs is 1. The zero-order chi connectivity index (χ0) is 20.4. The van der Waals surface area contributed by atoms with Crippen molar-refractivity contribution in [2.45, 2.75) is 33.3 Å². The lowest BCUT2D eigenvalue weighted by atomic mass is 9.98. The van der Waals surface area contributed by atoms with Crippen molar-refractivity contribution in [3.05, 3.63) is 70.3 Å². The van der Waals surface area contributed by atoms with E-state index in [1.165, 1.54) is 6.92 Å². The largest absolute Gasteiger partial charge is 0.453 e. The molecule has 2 amide bonds. The molecule has 0 radical (unpaired) electrons. The van der Waals surface area contributed by atoms with E-state index in [1.807, 2.05) is 26.0 Å². The van der Waals surface area contributed by atoms with Crippen molar-refractivity contribution in [1.82, 2.24) is 4.90 Å². The molecule has 1 heterocycles. The van der Waals surface area contributed by atoms with Crippen LogP contribution in [0.1, 0.15) is 44.3 Å². The Kier molecular flexibility index (Phi) is 5.40. The highest BCUT2D eigenvalue weighted by Gasteiger charge is 2.33. The Morgan fingerprint density at radius 3 is 2.57 bits per heavy atom. The van der Waals surface area contributed by atoms with E-state index in [9.17, 15) is 19.2 Å². The molecule has 0 saturated heterocycles. The minimum atomic E-state index is -1.02. The molecule has 0 fully saturated rings. The summed E-state index contributed by atoms with van der Waals surface area (Å²) in [4.78, 5) is 50.6. The first-order valence-electron chi connectivity index (χ1n) is 9.01. The van der Waals surface area contributed by atoms with Gasteiger partial charge in [0.1, 0.15) is 6.54 Å². The Hall–Kier alpha value is -3.28. The van der Waals surface area contributed by atoms with E-state index in [4.69, 9.17) is 4.74 Å². The summed E-state index contributed by atoms with van der Waals surface area (Å²) in [6.45, 7) is 4.65. The molecular weight excluding hydrogens is 358 g/mol. The van der Waals surface area contributed by atoms with Gasteiger partial charge in [0.05, 0.1) is 6.42 Å². The number of esters is 1. The molecule has 1 atom stereocenters. The molecule has 28 heavy (non-hydrogen) atoms. The van der Waals surface area contributed by atoms with E-state index < -0.39 is 30.4 Å². The van der Waals surface area contributed by atoms with Crippen molar-refractivity contribution in [2.75, 3.05) is 6.54 Å². The van der Waals surface area contributed by atoms with Gasteiger partial charge in [-0.3, -0.25) is 24.1 Å². The number of Topliss-reactive ketones (excluding diaryl/α,β-unsaturated/α-hetero) is 1. The van der Waals surface area contributed by atoms with E-state index in [-0.39, 0.29) is 12.2 Å². The van der Waals surface area contributed by atoms with Crippen LogP contribution < -0.4 is 0 Å². The smallest absolute Gasteiger partial charge is 0.326 e. The average molecular weight is 379 g/mol. The van der Waals surface area contributed by atoms with Gasteiger partial charge in [-0.25, -0.2) is 0 Å². The summed E-state index contributed by atoms with van der Waals surface area (Å²) < 4.78 is 5.21. The SMILES string of the molecule is Cc1ccc(C)c(C(=O)[C@H](C)OC(=O)CN2C(=O)Cc3ccccc3C2=O)c1. The van der Waals surface area contributed by atoms with Crippen LogP contribution in [-0.4, -0.2) is 41.1 Å². The van der Waals surface area contributed by atoms with E-state index in [1.54, 1.807) is 30.3 Å². The summed E-state index contributed by atoms with van der Waals surface area (Å²) in [5.41, 5.74) is 3.24. The summed E-state index contributed by atoms with van der Waals surface area (Å²) >= 11 is 0. The number of benzene rings is 2. The van der Waals surface area contributed by atoms with Crippen LogP contribution in [0, 0.1) is 13.8 Å². The molecule has 2 aromatic rings. The van der Waals surface area contributed by atoms with E-state index in [0.29, 0.717) is 16.7 Å². The van der Waals surface area contributed by atoms with Crippen LogP contribution in [0.25, 0.3) is 0 Å². The first kappa shape index (κ1) is 19.5. The number of hydrogen-bond donors (Lipinski definition) is 0. The summed E-state index contributed by atoms with van der Waals surface area (Å²) in [7, 11) is 0. The summed E-state index contributed by atoms with van der Waals surface area (Å²) in [5.74, 6) is -2.12. The lowest BCUT2D eigenvalue weighted by Crippen LogP contribution is -2.46. The van der Waals surface area contributed by atoms with Crippen LogP contribution in [0.4, 0.5) is 0 Å². The van der Waals surface area contributed by atoms with Crippen molar-refractivity contribution in [3.63, 3.8) is 0 Å². The third-order valence-corrected chi connectivity index (χ3v) is 4.76. The summed E-state index contributed by atoms with van der Waals surface area (Å²) in [6, 6.07) is 12.3. The number of ketones is 1. The van der Waals surface area contributed by atoms with Crippen molar-refractivity contribution in [1.29, 1.82) is 0 Å². The molecule has 0 spiro atoms. The van der Waals surface area contributed by atoms with Crippen LogP contribution in [0.2, 0.25) is 0 Å². The molecule has 0 saturated carbocycles. The summed E-state index contributed by atoms with van der Waals surface area (Å²) in [6.07, 6.45) is -0.970. The number of amides is 2. The van der Waals surface area contributed by atoms with Crippen LogP contribution in [0.3, 0.4) is 0 Å². The second-order valence-corrected chi connectivity index (χ2v) is 6.93. The Bertz CT molecular complexity index is 979. The maximum Gasteiger partial charge on any atom is 0.326 e. The lowest BCUT2D eigenvalue weighted by molar-refractivity contribution is -0.150. The molecule has 0 bridgehead atoms. The van der Waals surface area contributed by atoms with Gasteiger partial charge in [0.2, 0.25) is 11.7 Å². The maximum atomic E-state index is 12.6. The van der Waals surface area contributed by atoms with Crippen molar-refractivity contribution in [2.24, 2.45) is 0 Å². The van der Waals surface area contributed by atoms with Gasteiger partial charge in [0, 0.05) is 11.1 Å². The first-order valence-corrected chi connectivity index (χ1v) is 9.01. The lowest BCUT2D eigenvalue weighted by Gasteiger charge is -2.26. The molecule has 0 aromatic heterocycles. The first-order chi connectivity index (χ1) is 13.3. The Morgan fingerprint density at radius 2 is 1.82 bits per heavy atom. The molecule has 1 aliphatic rings. The monoisotopic (exact) mass is 379 g/mol. The number of imide groups is 1. The second kappa shape index (κ2) is 7.76. The van der Waals surface area contributed by atoms with Gasteiger partial charge < -0.3 is 4.74 Å². The minimum Gasteiger partial charge on any atom is -0.453 e. The third-order valence-electron chi connectivity index (χ3n) is 4.76. The van der Waals surface area contributed by atoms with Gasteiger partial charge in [-0.15, -0.1) is 0 Å². The highest BCUT2D eigenvalue weighted by Crippen LogP contribution is 2.20. The number of aryl methyl sites for hydroxylation is 2. The normalized spacial score (nSPS) is 14.5. The number of rotatable bonds is 5. The molecule has 6 heteroatoms. The molecule has 6 nitrogen and oxygen atoms in total. The fourth-order valence-corrected chi connectivity index (χ4v) is 3.20. The fraction of sp³-hybridized carbons (Fsp3) is 0.273. The van der Waals surface area contributed by atoms with Crippen molar-refractivity contribution in [3.8, 4) is 0 Å². The van der Waals surface area contributed by atoms with Gasteiger partial charge in [-0.2, -0.15) is 0 Å². The van der Waals surface area contributed by atoms with Crippen LogP contribution >= 0.6 is 0 Å². The Labute approximate surface area is 163 Å². The number of ether oxygens (including phenoxy) is 1. The number of carbonyl (C=O) groups is 4. The van der Waals surface area contributed by atoms with Crippen LogP contribution in [0.15, 0.2) is 42.5 Å². The van der Waals surface area contributed by atoms with Crippen molar-refractivity contribution < 1.29 is 23.9 Å². The van der Waals surface area contributed by atoms with E-state index in [0.717, 1.165) is 16.0 Å². The average Bonchev–Trinajstić information content (AvgIpc) is 2.66. The number of carbonyl (C=O) groups excluding carboxylic acids is 4. The van der Waals surface area contributed by atoms with Crippen molar-refractivity contribution >= 4 is 23.6 Å². The molecule has 0 aliphatic carbocycles. The Morgan fingerprint density at radius 1 is 1.11 bits per heavy atom.